The summed E-state index contributed by atoms with van der Waals surface area (Å²) in [4.78, 5) is 27.6. The lowest BCUT2D eigenvalue weighted by Crippen LogP contribution is -2.51. The Kier molecular flexibility index (Phi) is 6.89. The first-order valence-electron chi connectivity index (χ1n) is 9.61. The van der Waals surface area contributed by atoms with Crippen molar-refractivity contribution in [1.29, 1.82) is 0 Å². The van der Waals surface area contributed by atoms with Gasteiger partial charge in [0.05, 0.1) is 6.61 Å². The Balaban J connectivity index is 1.52. The zero-order valence-electron chi connectivity index (χ0n) is 16.2. The number of hydrogen-bond acceptors (Lipinski definition) is 4. The van der Waals surface area contributed by atoms with Crippen LogP contribution in [0.4, 0.5) is 4.79 Å². The molecule has 6 nitrogen and oxygen atoms in total. The molecule has 1 heterocycles. The number of ether oxygens (including phenoxy) is 2. The van der Waals surface area contributed by atoms with E-state index < -0.39 is 0 Å². The molecule has 1 aliphatic rings. The number of para-hydroxylation sites is 1. The summed E-state index contributed by atoms with van der Waals surface area (Å²) < 4.78 is 10.8. The van der Waals surface area contributed by atoms with Gasteiger partial charge in [-0.2, -0.15) is 0 Å². The van der Waals surface area contributed by atoms with Gasteiger partial charge in [0.15, 0.2) is 6.61 Å². The van der Waals surface area contributed by atoms with Crippen LogP contribution in [-0.2, 0) is 16.0 Å². The highest BCUT2D eigenvalue weighted by molar-refractivity contribution is 5.78. The molecule has 2 aromatic rings. The van der Waals surface area contributed by atoms with Crippen LogP contribution >= 0.6 is 0 Å². The molecule has 0 atom stereocenters. The monoisotopic (exact) mass is 382 g/mol. The van der Waals surface area contributed by atoms with Gasteiger partial charge in [-0.05, 0) is 24.1 Å². The average molecular weight is 382 g/mol. The van der Waals surface area contributed by atoms with E-state index in [1.807, 2.05) is 42.5 Å². The van der Waals surface area contributed by atoms with Crippen LogP contribution in [0.15, 0.2) is 54.6 Å². The van der Waals surface area contributed by atoms with Gasteiger partial charge in [0, 0.05) is 32.6 Å². The highest BCUT2D eigenvalue weighted by Gasteiger charge is 2.25. The Morgan fingerprint density at radius 2 is 1.54 bits per heavy atom. The minimum absolute atomic E-state index is 0.00872. The summed E-state index contributed by atoms with van der Waals surface area (Å²) >= 11 is 0. The highest BCUT2D eigenvalue weighted by Crippen LogP contribution is 2.21. The number of carbonyl (C=O) groups excluding carboxylic acids is 2. The fourth-order valence-electron chi connectivity index (χ4n) is 3.19. The number of benzene rings is 2. The van der Waals surface area contributed by atoms with E-state index in [1.54, 1.807) is 16.7 Å². The SMILES string of the molecule is CCOC(=O)N1CCN(C(=O)COc2ccccc2Cc2ccccc2)CC1. The summed E-state index contributed by atoms with van der Waals surface area (Å²) in [6.45, 7) is 4.08. The molecule has 1 aliphatic heterocycles. The fourth-order valence-corrected chi connectivity index (χ4v) is 3.19. The van der Waals surface area contributed by atoms with Crippen molar-refractivity contribution in [2.24, 2.45) is 0 Å². The van der Waals surface area contributed by atoms with Crippen molar-refractivity contribution in [3.8, 4) is 5.75 Å². The molecule has 0 aromatic heterocycles. The molecule has 3 rings (SSSR count). The van der Waals surface area contributed by atoms with E-state index in [-0.39, 0.29) is 18.6 Å². The standard InChI is InChI=1S/C22H26N2O4/c1-2-27-22(26)24-14-12-23(13-15-24)21(25)17-28-20-11-7-6-10-19(20)16-18-8-4-3-5-9-18/h3-11H,2,12-17H2,1H3. The number of hydrogen-bond donors (Lipinski definition) is 0. The topological polar surface area (TPSA) is 59.1 Å². The van der Waals surface area contributed by atoms with Crippen molar-refractivity contribution in [2.75, 3.05) is 39.4 Å². The minimum atomic E-state index is -0.319. The summed E-state index contributed by atoms with van der Waals surface area (Å²) in [5.74, 6) is 0.655. The predicted octanol–water partition coefficient (Wildman–Crippen LogP) is 2.96. The Morgan fingerprint density at radius 1 is 0.893 bits per heavy atom. The lowest BCUT2D eigenvalue weighted by atomic mass is 10.0. The zero-order valence-corrected chi connectivity index (χ0v) is 16.2. The number of piperazine rings is 1. The van der Waals surface area contributed by atoms with Crippen LogP contribution in [0.5, 0.6) is 5.75 Å². The van der Waals surface area contributed by atoms with E-state index in [0.29, 0.717) is 32.8 Å². The van der Waals surface area contributed by atoms with Crippen LogP contribution in [0.1, 0.15) is 18.1 Å². The van der Waals surface area contributed by atoms with Crippen molar-refractivity contribution in [3.05, 3.63) is 65.7 Å². The summed E-state index contributed by atoms with van der Waals surface area (Å²) in [5, 5.41) is 0. The Bertz CT molecular complexity index is 786. The second kappa shape index (κ2) is 9.78. The van der Waals surface area contributed by atoms with Crippen LogP contribution in [0, 0.1) is 0 Å². The number of rotatable bonds is 6. The molecule has 28 heavy (non-hydrogen) atoms. The quantitative estimate of drug-likeness (QED) is 0.771. The normalized spacial score (nSPS) is 13.9. The van der Waals surface area contributed by atoms with Gasteiger partial charge >= 0.3 is 6.09 Å². The molecule has 2 amide bonds. The van der Waals surface area contributed by atoms with Crippen molar-refractivity contribution in [3.63, 3.8) is 0 Å². The molecule has 0 spiro atoms. The van der Waals surface area contributed by atoms with Crippen molar-refractivity contribution in [2.45, 2.75) is 13.3 Å². The average Bonchev–Trinajstić information content (AvgIpc) is 2.74. The second-order valence-corrected chi connectivity index (χ2v) is 6.63. The predicted molar refractivity (Wildman–Crippen MR) is 106 cm³/mol. The van der Waals surface area contributed by atoms with E-state index in [0.717, 1.165) is 17.7 Å². The van der Waals surface area contributed by atoms with Crippen molar-refractivity contribution < 1.29 is 19.1 Å². The molecule has 1 saturated heterocycles. The third-order valence-corrected chi connectivity index (χ3v) is 4.72. The molecule has 1 fully saturated rings. The number of nitrogens with zero attached hydrogens (tertiary/aromatic N) is 2. The van der Waals surface area contributed by atoms with E-state index in [4.69, 9.17) is 9.47 Å². The number of amides is 2. The number of carbonyl (C=O) groups is 2. The minimum Gasteiger partial charge on any atom is -0.483 e. The molecule has 0 bridgehead atoms. The first-order chi connectivity index (χ1) is 13.7. The molecule has 6 heteroatoms. The van der Waals surface area contributed by atoms with Crippen LogP contribution in [0.25, 0.3) is 0 Å². The lowest BCUT2D eigenvalue weighted by molar-refractivity contribution is -0.134. The maximum absolute atomic E-state index is 12.5. The van der Waals surface area contributed by atoms with Gasteiger partial charge in [0.2, 0.25) is 0 Å². The molecule has 0 N–H and O–H groups in total. The largest absolute Gasteiger partial charge is 0.483 e. The third-order valence-electron chi connectivity index (χ3n) is 4.72. The first kappa shape index (κ1) is 19.7. The molecule has 2 aromatic carbocycles. The van der Waals surface area contributed by atoms with Crippen LogP contribution in [0.3, 0.4) is 0 Å². The molecule has 0 saturated carbocycles. The maximum Gasteiger partial charge on any atom is 0.409 e. The fraction of sp³-hybridized carbons (Fsp3) is 0.364. The van der Waals surface area contributed by atoms with Crippen molar-refractivity contribution in [1.82, 2.24) is 9.80 Å². The van der Waals surface area contributed by atoms with Gasteiger partial charge < -0.3 is 19.3 Å². The maximum atomic E-state index is 12.5. The van der Waals surface area contributed by atoms with E-state index >= 15 is 0 Å². The second-order valence-electron chi connectivity index (χ2n) is 6.63. The lowest BCUT2D eigenvalue weighted by Gasteiger charge is -2.34. The van der Waals surface area contributed by atoms with E-state index in [2.05, 4.69) is 12.1 Å². The smallest absolute Gasteiger partial charge is 0.409 e. The zero-order chi connectivity index (χ0) is 19.8. The Hall–Kier alpha value is -3.02. The van der Waals surface area contributed by atoms with Gasteiger partial charge in [-0.25, -0.2) is 4.79 Å². The van der Waals surface area contributed by atoms with Crippen LogP contribution in [0.2, 0.25) is 0 Å². The first-order valence-corrected chi connectivity index (χ1v) is 9.61. The highest BCUT2D eigenvalue weighted by atomic mass is 16.6. The van der Waals surface area contributed by atoms with Gasteiger partial charge in [-0.15, -0.1) is 0 Å². The van der Waals surface area contributed by atoms with E-state index in [1.165, 1.54) is 5.56 Å². The molecule has 148 valence electrons. The Labute approximate surface area is 165 Å². The summed E-state index contributed by atoms with van der Waals surface area (Å²) in [7, 11) is 0. The molecule has 0 radical (unpaired) electrons. The van der Waals surface area contributed by atoms with Gasteiger partial charge in [0.25, 0.3) is 5.91 Å². The van der Waals surface area contributed by atoms with Gasteiger partial charge in [0.1, 0.15) is 5.75 Å². The summed E-state index contributed by atoms with van der Waals surface area (Å²) in [5.41, 5.74) is 2.24. The summed E-state index contributed by atoms with van der Waals surface area (Å²) in [6, 6.07) is 18.0. The molecular formula is C22H26N2O4. The van der Waals surface area contributed by atoms with Crippen LogP contribution in [-0.4, -0.2) is 61.2 Å². The molecular weight excluding hydrogens is 356 g/mol. The summed E-state index contributed by atoms with van der Waals surface area (Å²) in [6.07, 6.45) is 0.435. The molecule has 0 unspecified atom stereocenters. The Morgan fingerprint density at radius 3 is 2.25 bits per heavy atom. The van der Waals surface area contributed by atoms with Gasteiger partial charge in [-0.1, -0.05) is 48.5 Å². The van der Waals surface area contributed by atoms with E-state index in [9.17, 15) is 9.59 Å². The third kappa shape index (κ3) is 5.25. The van der Waals surface area contributed by atoms with Gasteiger partial charge in [-0.3, -0.25) is 4.79 Å². The van der Waals surface area contributed by atoms with Crippen molar-refractivity contribution >= 4 is 12.0 Å². The molecule has 0 aliphatic carbocycles. The van der Waals surface area contributed by atoms with Crippen LogP contribution < -0.4 is 4.74 Å².